The number of alkyl halides is 2. The van der Waals surface area contributed by atoms with Crippen molar-refractivity contribution >= 4 is 5.91 Å². The molecular formula is C21H20F4N2O. The minimum atomic E-state index is -2.96. The topological polar surface area (TPSA) is 46.3 Å². The Balaban J connectivity index is 1.56. The van der Waals surface area contributed by atoms with Crippen molar-refractivity contribution in [3.63, 3.8) is 0 Å². The van der Waals surface area contributed by atoms with E-state index in [0.717, 1.165) is 0 Å². The Morgan fingerprint density at radius 2 is 1.75 bits per heavy atom. The number of hydrogen-bond donors (Lipinski definition) is 1. The monoisotopic (exact) mass is 392 g/mol. The molecule has 1 aliphatic carbocycles. The van der Waals surface area contributed by atoms with Gasteiger partial charge in [0.2, 0.25) is 5.91 Å². The maximum Gasteiger partial charge on any atom is 0.266 e. The number of benzene rings is 2. The highest BCUT2D eigenvalue weighted by Crippen LogP contribution is 2.52. The summed E-state index contributed by atoms with van der Waals surface area (Å²) in [4.78, 5) is 14.1. The van der Waals surface area contributed by atoms with Crippen molar-refractivity contribution in [2.75, 3.05) is 13.1 Å². The second-order valence-corrected chi connectivity index (χ2v) is 7.53. The fraction of sp³-hybridized carbons (Fsp3) is 0.381. The molecule has 7 heteroatoms. The summed E-state index contributed by atoms with van der Waals surface area (Å²) in [5.41, 5.74) is 6.51. The van der Waals surface area contributed by atoms with Crippen LogP contribution >= 0.6 is 0 Å². The molecule has 0 bridgehead atoms. The van der Waals surface area contributed by atoms with Crippen molar-refractivity contribution in [2.24, 2.45) is 11.7 Å². The van der Waals surface area contributed by atoms with E-state index in [2.05, 4.69) is 0 Å². The molecule has 2 fully saturated rings. The standard InChI is InChI=1S/C21H20F4N2O/c22-16-6-3-7-17(23)19(16)13-5-2-1-4-12(13)14-10-15(14)20(28)27-9-8-21(24,25)18(26)11-27/h1-7,14-15,18H,8-11,26H2/t14-,15+,18-/m1/s1. The number of nitrogens with two attached hydrogens (primary N) is 1. The lowest BCUT2D eigenvalue weighted by Crippen LogP contribution is -2.56. The third-order valence-electron chi connectivity index (χ3n) is 5.69. The van der Waals surface area contributed by atoms with E-state index in [9.17, 15) is 22.4 Å². The summed E-state index contributed by atoms with van der Waals surface area (Å²) < 4.78 is 55.7. The van der Waals surface area contributed by atoms with E-state index in [1.54, 1.807) is 24.3 Å². The first-order valence-corrected chi connectivity index (χ1v) is 9.25. The first-order chi connectivity index (χ1) is 13.3. The summed E-state index contributed by atoms with van der Waals surface area (Å²) in [6, 6.07) is 9.16. The Morgan fingerprint density at radius 1 is 1.07 bits per heavy atom. The molecule has 148 valence electrons. The first-order valence-electron chi connectivity index (χ1n) is 9.25. The van der Waals surface area contributed by atoms with Crippen LogP contribution < -0.4 is 5.73 Å². The highest BCUT2D eigenvalue weighted by Gasteiger charge is 2.50. The predicted molar refractivity (Wildman–Crippen MR) is 96.8 cm³/mol. The van der Waals surface area contributed by atoms with E-state index < -0.39 is 30.0 Å². The number of likely N-dealkylation sites (tertiary alicyclic amines) is 1. The quantitative estimate of drug-likeness (QED) is 0.805. The van der Waals surface area contributed by atoms with Gasteiger partial charge in [-0.05, 0) is 35.6 Å². The molecule has 3 atom stereocenters. The second kappa shape index (κ2) is 6.88. The molecule has 0 aromatic heterocycles. The van der Waals surface area contributed by atoms with Crippen molar-refractivity contribution < 1.29 is 22.4 Å². The number of rotatable bonds is 3. The largest absolute Gasteiger partial charge is 0.340 e. The van der Waals surface area contributed by atoms with Crippen LogP contribution in [0.2, 0.25) is 0 Å². The molecule has 0 unspecified atom stereocenters. The fourth-order valence-electron chi connectivity index (χ4n) is 3.98. The molecule has 1 saturated heterocycles. The van der Waals surface area contributed by atoms with Gasteiger partial charge in [0.05, 0.1) is 11.6 Å². The van der Waals surface area contributed by atoms with Gasteiger partial charge in [-0.2, -0.15) is 0 Å². The third-order valence-corrected chi connectivity index (χ3v) is 5.69. The Bertz CT molecular complexity index is 897. The van der Waals surface area contributed by atoms with Gasteiger partial charge in [0.15, 0.2) is 0 Å². The summed E-state index contributed by atoms with van der Waals surface area (Å²) in [7, 11) is 0. The molecule has 28 heavy (non-hydrogen) atoms. The lowest BCUT2D eigenvalue weighted by atomic mass is 9.94. The smallest absolute Gasteiger partial charge is 0.266 e. The van der Waals surface area contributed by atoms with Gasteiger partial charge in [0.1, 0.15) is 11.6 Å². The van der Waals surface area contributed by atoms with Gasteiger partial charge >= 0.3 is 0 Å². The van der Waals surface area contributed by atoms with E-state index >= 15 is 0 Å². The van der Waals surface area contributed by atoms with Crippen LogP contribution in [-0.4, -0.2) is 35.9 Å². The van der Waals surface area contributed by atoms with Crippen molar-refractivity contribution in [2.45, 2.75) is 30.7 Å². The van der Waals surface area contributed by atoms with E-state index in [1.165, 1.54) is 23.1 Å². The molecule has 2 aromatic rings. The van der Waals surface area contributed by atoms with Crippen LogP contribution in [0.3, 0.4) is 0 Å². The van der Waals surface area contributed by atoms with Crippen LogP contribution in [0.4, 0.5) is 17.6 Å². The number of halogens is 4. The van der Waals surface area contributed by atoms with Crippen LogP contribution in [0, 0.1) is 17.6 Å². The highest BCUT2D eigenvalue weighted by atomic mass is 19.3. The van der Waals surface area contributed by atoms with Gasteiger partial charge in [-0.15, -0.1) is 0 Å². The van der Waals surface area contributed by atoms with Gasteiger partial charge in [-0.1, -0.05) is 30.3 Å². The van der Waals surface area contributed by atoms with Gasteiger partial charge in [0, 0.05) is 25.4 Å². The SMILES string of the molecule is N[C@@H]1CN(C(=O)[C@H]2C[C@@H]2c2ccccc2-c2c(F)cccc2F)CCC1(F)F. The predicted octanol–water partition coefficient (Wildman–Crippen LogP) is 3.93. The summed E-state index contributed by atoms with van der Waals surface area (Å²) >= 11 is 0. The molecule has 2 N–H and O–H groups in total. The number of piperidine rings is 1. The Kier molecular flexibility index (Phi) is 4.65. The summed E-state index contributed by atoms with van der Waals surface area (Å²) in [6.07, 6.45) is 0.0718. The summed E-state index contributed by atoms with van der Waals surface area (Å²) in [5.74, 6) is -5.09. The number of nitrogens with zero attached hydrogens (tertiary/aromatic N) is 1. The molecule has 1 saturated carbocycles. The zero-order valence-electron chi connectivity index (χ0n) is 15.0. The van der Waals surface area contributed by atoms with E-state index in [1.807, 2.05) is 0 Å². The van der Waals surface area contributed by atoms with Crippen molar-refractivity contribution in [3.8, 4) is 11.1 Å². The lowest BCUT2D eigenvalue weighted by Gasteiger charge is -2.36. The maximum atomic E-state index is 14.3. The molecule has 1 amide bonds. The average Bonchev–Trinajstić information content (AvgIpc) is 3.44. The zero-order valence-corrected chi connectivity index (χ0v) is 15.0. The molecular weight excluding hydrogens is 372 g/mol. The molecule has 4 rings (SSSR count). The number of carbonyl (C=O) groups excluding carboxylic acids is 1. The highest BCUT2D eigenvalue weighted by molar-refractivity contribution is 5.84. The first kappa shape index (κ1) is 18.9. The molecule has 3 nitrogen and oxygen atoms in total. The van der Waals surface area contributed by atoms with E-state index in [0.29, 0.717) is 17.5 Å². The number of carbonyl (C=O) groups is 1. The molecule has 1 heterocycles. The summed E-state index contributed by atoms with van der Waals surface area (Å²) in [5, 5.41) is 0. The van der Waals surface area contributed by atoms with Gasteiger partial charge in [-0.25, -0.2) is 17.6 Å². The lowest BCUT2D eigenvalue weighted by molar-refractivity contribution is -0.140. The fourth-order valence-corrected chi connectivity index (χ4v) is 3.98. The van der Waals surface area contributed by atoms with Crippen molar-refractivity contribution in [3.05, 3.63) is 59.7 Å². The minimum Gasteiger partial charge on any atom is -0.340 e. The van der Waals surface area contributed by atoms with Gasteiger partial charge in [-0.3, -0.25) is 4.79 Å². The Hall–Kier alpha value is -2.41. The van der Waals surface area contributed by atoms with Crippen molar-refractivity contribution in [1.82, 2.24) is 4.90 Å². The Labute approximate surface area is 160 Å². The second-order valence-electron chi connectivity index (χ2n) is 7.53. The molecule has 0 radical (unpaired) electrons. The summed E-state index contributed by atoms with van der Waals surface area (Å²) in [6.45, 7) is -0.217. The number of hydrogen-bond acceptors (Lipinski definition) is 2. The molecule has 1 aliphatic heterocycles. The number of amides is 1. The van der Waals surface area contributed by atoms with Gasteiger partial charge in [0.25, 0.3) is 5.92 Å². The Morgan fingerprint density at radius 3 is 2.43 bits per heavy atom. The van der Waals surface area contributed by atoms with Crippen LogP contribution in [0.15, 0.2) is 42.5 Å². The molecule has 0 spiro atoms. The third kappa shape index (κ3) is 3.28. The molecule has 2 aliphatic rings. The van der Waals surface area contributed by atoms with Crippen molar-refractivity contribution in [1.29, 1.82) is 0 Å². The van der Waals surface area contributed by atoms with Crippen LogP contribution in [-0.2, 0) is 4.79 Å². The van der Waals surface area contributed by atoms with E-state index in [-0.39, 0.29) is 36.4 Å². The van der Waals surface area contributed by atoms with Crippen LogP contribution in [0.1, 0.15) is 24.3 Å². The maximum absolute atomic E-state index is 14.3. The zero-order chi connectivity index (χ0) is 20.1. The average molecular weight is 392 g/mol. The van der Waals surface area contributed by atoms with Crippen LogP contribution in [0.5, 0.6) is 0 Å². The van der Waals surface area contributed by atoms with Crippen LogP contribution in [0.25, 0.3) is 11.1 Å². The minimum absolute atomic E-state index is 0.0354. The van der Waals surface area contributed by atoms with Gasteiger partial charge < -0.3 is 10.6 Å². The molecule has 2 aromatic carbocycles. The normalized spacial score (nSPS) is 26.2. The van der Waals surface area contributed by atoms with E-state index in [4.69, 9.17) is 5.73 Å².